The van der Waals surface area contributed by atoms with Crippen LogP contribution >= 0.6 is 0 Å². The van der Waals surface area contributed by atoms with Crippen LogP contribution < -0.4 is 4.90 Å². The van der Waals surface area contributed by atoms with Crippen molar-refractivity contribution in [2.24, 2.45) is 0 Å². The van der Waals surface area contributed by atoms with Crippen LogP contribution in [-0.4, -0.2) is 5.91 Å². The summed E-state index contributed by atoms with van der Waals surface area (Å²) in [6, 6.07) is 17.1. The molecule has 0 aromatic heterocycles. The van der Waals surface area contributed by atoms with Gasteiger partial charge in [0.1, 0.15) is 17.7 Å². The second-order valence-corrected chi connectivity index (χ2v) is 5.81. The molecule has 0 saturated carbocycles. The Balaban J connectivity index is 2.11. The molecule has 1 aliphatic heterocycles. The molecular formula is C20H15N3O. The minimum Gasteiger partial charge on any atom is -0.303 e. The van der Waals surface area contributed by atoms with E-state index in [1.54, 1.807) is 17.0 Å². The first-order valence-electron chi connectivity index (χ1n) is 7.58. The molecule has 0 bridgehead atoms. The number of carbonyl (C=O) groups is 1. The van der Waals surface area contributed by atoms with Gasteiger partial charge in [0.15, 0.2) is 0 Å². The lowest BCUT2D eigenvalue weighted by atomic mass is 10.0. The van der Waals surface area contributed by atoms with Gasteiger partial charge in [-0.15, -0.1) is 0 Å². The fraction of sp³-hybridized carbons (Fsp3) is 0.150. The number of anilines is 1. The van der Waals surface area contributed by atoms with Crippen LogP contribution in [0.5, 0.6) is 0 Å². The number of para-hydroxylation sites is 1. The van der Waals surface area contributed by atoms with E-state index in [4.69, 9.17) is 0 Å². The molecule has 0 atom stereocenters. The van der Waals surface area contributed by atoms with Gasteiger partial charge in [-0.1, -0.05) is 42.0 Å². The number of rotatable bonds is 2. The highest BCUT2D eigenvalue weighted by Gasteiger charge is 2.34. The van der Waals surface area contributed by atoms with Crippen LogP contribution in [-0.2, 0) is 11.3 Å². The van der Waals surface area contributed by atoms with E-state index in [-0.39, 0.29) is 17.1 Å². The third kappa shape index (κ3) is 2.45. The molecule has 4 nitrogen and oxygen atoms in total. The number of hydrogen-bond donors (Lipinski definition) is 0. The van der Waals surface area contributed by atoms with E-state index in [0.29, 0.717) is 12.1 Å². The maximum Gasteiger partial charge on any atom is 0.261 e. The molecule has 0 aliphatic carbocycles. The molecule has 24 heavy (non-hydrogen) atoms. The smallest absolute Gasteiger partial charge is 0.261 e. The van der Waals surface area contributed by atoms with Gasteiger partial charge in [0.2, 0.25) is 0 Å². The Morgan fingerprint density at radius 2 is 1.79 bits per heavy atom. The summed E-state index contributed by atoms with van der Waals surface area (Å²) in [5.74, 6) is -0.297. The van der Waals surface area contributed by atoms with Gasteiger partial charge >= 0.3 is 0 Å². The summed E-state index contributed by atoms with van der Waals surface area (Å²) in [5.41, 5.74) is 4.75. The number of carbonyl (C=O) groups excluding carboxylic acids is 1. The van der Waals surface area contributed by atoms with E-state index < -0.39 is 0 Å². The monoisotopic (exact) mass is 313 g/mol. The second kappa shape index (κ2) is 6.02. The Labute approximate surface area is 140 Å². The lowest BCUT2D eigenvalue weighted by Gasteiger charge is -2.18. The van der Waals surface area contributed by atoms with Crippen LogP contribution in [0.2, 0.25) is 0 Å². The molecule has 0 fully saturated rings. The van der Waals surface area contributed by atoms with Crippen LogP contribution in [0.3, 0.4) is 0 Å². The van der Waals surface area contributed by atoms with Gasteiger partial charge in [-0.05, 0) is 31.0 Å². The lowest BCUT2D eigenvalue weighted by molar-refractivity contribution is -0.113. The number of aryl methyl sites for hydroxylation is 2. The maximum absolute atomic E-state index is 12.9. The molecule has 0 unspecified atom stereocenters. The average molecular weight is 313 g/mol. The van der Waals surface area contributed by atoms with E-state index in [9.17, 15) is 15.3 Å². The largest absolute Gasteiger partial charge is 0.303 e. The van der Waals surface area contributed by atoms with Crippen LogP contribution in [0.4, 0.5) is 5.69 Å². The number of amides is 1. The molecule has 116 valence electrons. The van der Waals surface area contributed by atoms with Gasteiger partial charge in [0, 0.05) is 5.56 Å². The molecule has 1 heterocycles. The summed E-state index contributed by atoms with van der Waals surface area (Å²) in [7, 11) is 0. The lowest BCUT2D eigenvalue weighted by Crippen LogP contribution is -2.26. The third-order valence-corrected chi connectivity index (χ3v) is 4.22. The molecule has 1 amide bonds. The van der Waals surface area contributed by atoms with E-state index in [1.807, 2.05) is 50.3 Å². The van der Waals surface area contributed by atoms with Crippen LogP contribution in [0.15, 0.2) is 48.0 Å². The van der Waals surface area contributed by atoms with Crippen LogP contribution in [0.25, 0.3) is 5.57 Å². The van der Waals surface area contributed by atoms with Crippen molar-refractivity contribution in [3.63, 3.8) is 0 Å². The first-order valence-corrected chi connectivity index (χ1v) is 7.58. The van der Waals surface area contributed by atoms with Crippen LogP contribution in [0.1, 0.15) is 22.3 Å². The zero-order valence-electron chi connectivity index (χ0n) is 13.5. The molecule has 0 spiro atoms. The van der Waals surface area contributed by atoms with Gasteiger partial charge in [0.05, 0.1) is 17.8 Å². The summed E-state index contributed by atoms with van der Waals surface area (Å²) >= 11 is 0. The number of nitriles is 2. The fourth-order valence-corrected chi connectivity index (χ4v) is 3.01. The number of fused-ring (bicyclic) bond motifs is 1. The second-order valence-electron chi connectivity index (χ2n) is 5.81. The molecule has 4 heteroatoms. The van der Waals surface area contributed by atoms with E-state index in [0.717, 1.165) is 16.8 Å². The molecule has 1 aliphatic rings. The first-order chi connectivity index (χ1) is 11.6. The van der Waals surface area contributed by atoms with E-state index in [2.05, 4.69) is 6.07 Å². The Kier molecular flexibility index (Phi) is 3.90. The SMILES string of the molecule is Cc1ccc(CN2C(=O)C(=C(C#N)C#N)c3ccccc32)c(C)c1. The predicted octanol–water partition coefficient (Wildman–Crippen LogP) is 3.65. The summed E-state index contributed by atoms with van der Waals surface area (Å²) in [6.45, 7) is 4.46. The summed E-state index contributed by atoms with van der Waals surface area (Å²) in [4.78, 5) is 14.5. The number of nitrogens with zero attached hydrogens (tertiary/aromatic N) is 3. The van der Waals surface area contributed by atoms with Crippen molar-refractivity contribution in [2.75, 3.05) is 4.90 Å². The van der Waals surface area contributed by atoms with Crippen molar-refractivity contribution in [1.82, 2.24) is 0 Å². The van der Waals surface area contributed by atoms with Crippen molar-refractivity contribution in [3.8, 4) is 12.1 Å². The average Bonchev–Trinajstić information content (AvgIpc) is 2.85. The van der Waals surface area contributed by atoms with Crippen molar-refractivity contribution < 1.29 is 4.79 Å². The highest BCUT2D eigenvalue weighted by atomic mass is 16.2. The third-order valence-electron chi connectivity index (χ3n) is 4.22. The first kappa shape index (κ1) is 15.5. The number of benzene rings is 2. The fourth-order valence-electron chi connectivity index (χ4n) is 3.01. The van der Waals surface area contributed by atoms with Crippen molar-refractivity contribution >= 4 is 17.2 Å². The van der Waals surface area contributed by atoms with Crippen molar-refractivity contribution in [2.45, 2.75) is 20.4 Å². The Morgan fingerprint density at radius 1 is 1.08 bits per heavy atom. The van der Waals surface area contributed by atoms with Crippen molar-refractivity contribution in [3.05, 3.63) is 70.3 Å². The van der Waals surface area contributed by atoms with E-state index >= 15 is 0 Å². The highest BCUT2D eigenvalue weighted by Crippen LogP contribution is 2.39. The summed E-state index contributed by atoms with van der Waals surface area (Å²) < 4.78 is 0. The topological polar surface area (TPSA) is 67.9 Å². The Hall–Kier alpha value is -3.37. The Bertz CT molecular complexity index is 942. The molecular weight excluding hydrogens is 298 g/mol. The normalized spacial score (nSPS) is 12.6. The molecule has 3 rings (SSSR count). The molecule has 0 N–H and O–H groups in total. The number of allylic oxidation sites excluding steroid dienone is 1. The summed E-state index contributed by atoms with van der Waals surface area (Å²) in [6.07, 6.45) is 0. The van der Waals surface area contributed by atoms with Gasteiger partial charge in [-0.3, -0.25) is 4.79 Å². The standard InChI is InChI=1S/C20H15N3O/c1-13-7-8-15(14(2)9-13)12-23-18-6-4-3-5-17(18)19(20(23)24)16(10-21)11-22/h3-9H,12H2,1-2H3. The molecule has 0 radical (unpaired) electrons. The van der Waals surface area contributed by atoms with Gasteiger partial charge in [-0.25, -0.2) is 0 Å². The quantitative estimate of drug-likeness (QED) is 0.628. The molecule has 2 aromatic carbocycles. The van der Waals surface area contributed by atoms with E-state index in [1.165, 1.54) is 5.56 Å². The maximum atomic E-state index is 12.9. The minimum atomic E-state index is -0.297. The van der Waals surface area contributed by atoms with Gasteiger partial charge in [-0.2, -0.15) is 10.5 Å². The Morgan fingerprint density at radius 3 is 2.46 bits per heavy atom. The van der Waals surface area contributed by atoms with Crippen LogP contribution in [0, 0.1) is 36.5 Å². The number of hydrogen-bond acceptors (Lipinski definition) is 3. The highest BCUT2D eigenvalue weighted by molar-refractivity contribution is 6.34. The molecule has 0 saturated heterocycles. The zero-order chi connectivity index (χ0) is 17.3. The predicted molar refractivity (Wildman–Crippen MR) is 91.7 cm³/mol. The molecule has 2 aromatic rings. The summed E-state index contributed by atoms with van der Waals surface area (Å²) in [5, 5.41) is 18.4. The minimum absolute atomic E-state index is 0.143. The zero-order valence-corrected chi connectivity index (χ0v) is 13.5. The van der Waals surface area contributed by atoms with Gasteiger partial charge in [0.25, 0.3) is 5.91 Å². The van der Waals surface area contributed by atoms with Crippen molar-refractivity contribution in [1.29, 1.82) is 10.5 Å². The van der Waals surface area contributed by atoms with Gasteiger partial charge < -0.3 is 4.90 Å².